The average molecular weight is 289 g/mol. The number of hydrogen-bond donors (Lipinski definition) is 1. The molecule has 0 spiro atoms. The monoisotopic (exact) mass is 289 g/mol. The Hall–Kier alpha value is -2.63. The molecule has 21 heavy (non-hydrogen) atoms. The lowest BCUT2D eigenvalue weighted by molar-refractivity contribution is -0.140. The summed E-state index contributed by atoms with van der Waals surface area (Å²) in [5.74, 6) is -1.23. The fourth-order valence-electron chi connectivity index (χ4n) is 2.06. The van der Waals surface area contributed by atoms with Crippen molar-refractivity contribution in [3.05, 3.63) is 57.9 Å². The van der Waals surface area contributed by atoms with Gasteiger partial charge in [0, 0.05) is 18.5 Å². The van der Waals surface area contributed by atoms with E-state index in [4.69, 9.17) is 4.42 Å². The van der Waals surface area contributed by atoms with E-state index < -0.39 is 23.1 Å². The van der Waals surface area contributed by atoms with Gasteiger partial charge in [0.15, 0.2) is 5.76 Å². The number of pyridine rings is 1. The average Bonchev–Trinajstić information content (AvgIpc) is 2.49. The highest BCUT2D eigenvalue weighted by Gasteiger charge is 2.26. The third-order valence-corrected chi connectivity index (χ3v) is 3.07. The second kappa shape index (κ2) is 6.21. The molecular weight excluding hydrogens is 274 g/mol. The molecule has 2 aromatic heterocycles. The normalized spacial score (nSPS) is 11.9. The molecule has 6 nitrogen and oxygen atoms in total. The lowest BCUT2D eigenvalue weighted by Gasteiger charge is -2.16. The molecule has 110 valence electrons. The van der Waals surface area contributed by atoms with Crippen molar-refractivity contribution in [3.63, 3.8) is 0 Å². The van der Waals surface area contributed by atoms with Gasteiger partial charge in [-0.2, -0.15) is 0 Å². The van der Waals surface area contributed by atoms with E-state index >= 15 is 0 Å². The molecule has 0 aromatic carbocycles. The molecule has 0 aliphatic heterocycles. The van der Waals surface area contributed by atoms with Crippen LogP contribution in [0, 0.1) is 6.92 Å². The molecule has 0 saturated carbocycles. The first kappa shape index (κ1) is 14.8. The Morgan fingerprint density at radius 1 is 1.52 bits per heavy atom. The second-order valence-electron chi connectivity index (χ2n) is 4.55. The third kappa shape index (κ3) is 3.28. The summed E-state index contributed by atoms with van der Waals surface area (Å²) >= 11 is 0. The van der Waals surface area contributed by atoms with Gasteiger partial charge in [0.1, 0.15) is 5.76 Å². The van der Waals surface area contributed by atoms with Crippen LogP contribution in [-0.4, -0.2) is 23.2 Å². The Morgan fingerprint density at radius 3 is 2.90 bits per heavy atom. The molecule has 1 atom stereocenters. The van der Waals surface area contributed by atoms with Crippen molar-refractivity contribution in [1.82, 2.24) is 4.98 Å². The zero-order valence-corrected chi connectivity index (χ0v) is 11.7. The summed E-state index contributed by atoms with van der Waals surface area (Å²) in [5.41, 5.74) is 0.0967. The van der Waals surface area contributed by atoms with E-state index in [1.54, 1.807) is 31.5 Å². The van der Waals surface area contributed by atoms with Gasteiger partial charge >= 0.3 is 5.97 Å². The van der Waals surface area contributed by atoms with Crippen LogP contribution in [-0.2, 0) is 9.53 Å². The number of ether oxygens (including phenoxy) is 1. The van der Waals surface area contributed by atoms with E-state index in [0.717, 1.165) is 0 Å². The number of nitrogens with zero attached hydrogens (tertiary/aromatic N) is 1. The van der Waals surface area contributed by atoms with Crippen LogP contribution in [0.1, 0.15) is 29.4 Å². The smallest absolute Gasteiger partial charge is 0.306 e. The molecule has 2 rings (SSSR count). The van der Waals surface area contributed by atoms with E-state index in [1.807, 2.05) is 0 Å². The lowest BCUT2D eigenvalue weighted by atomic mass is 9.93. The number of methoxy groups -OCH3 is 1. The number of aryl methyl sites for hydroxylation is 1. The summed E-state index contributed by atoms with van der Waals surface area (Å²) in [6.07, 6.45) is 3.07. The Bertz CT molecular complexity index is 693. The van der Waals surface area contributed by atoms with E-state index in [2.05, 4.69) is 9.72 Å². The molecule has 6 heteroatoms. The molecular formula is C15H15NO5. The Morgan fingerprint density at radius 2 is 2.29 bits per heavy atom. The van der Waals surface area contributed by atoms with E-state index in [9.17, 15) is 14.7 Å². The van der Waals surface area contributed by atoms with Gasteiger partial charge in [-0.05, 0) is 18.6 Å². The van der Waals surface area contributed by atoms with Gasteiger partial charge in [-0.3, -0.25) is 14.6 Å². The van der Waals surface area contributed by atoms with Crippen LogP contribution in [0.4, 0.5) is 0 Å². The van der Waals surface area contributed by atoms with E-state index in [0.29, 0.717) is 11.3 Å². The number of aromatic hydroxyl groups is 1. The van der Waals surface area contributed by atoms with Crippen molar-refractivity contribution in [1.29, 1.82) is 0 Å². The number of carbonyl (C=O) groups excluding carboxylic acids is 1. The molecule has 0 saturated heterocycles. The number of carbonyl (C=O) groups is 1. The van der Waals surface area contributed by atoms with Crippen LogP contribution in [0.15, 0.2) is 39.8 Å². The summed E-state index contributed by atoms with van der Waals surface area (Å²) in [6, 6.07) is 4.63. The fourth-order valence-corrected chi connectivity index (χ4v) is 2.06. The Labute approximate surface area is 121 Å². The first-order chi connectivity index (χ1) is 10.0. The summed E-state index contributed by atoms with van der Waals surface area (Å²) in [6.45, 7) is 1.60. The van der Waals surface area contributed by atoms with Crippen LogP contribution < -0.4 is 5.43 Å². The van der Waals surface area contributed by atoms with Gasteiger partial charge in [-0.25, -0.2) is 0 Å². The van der Waals surface area contributed by atoms with Crippen LogP contribution >= 0.6 is 0 Å². The molecule has 0 radical (unpaired) electrons. The highest BCUT2D eigenvalue weighted by Crippen LogP contribution is 2.32. The van der Waals surface area contributed by atoms with Crippen molar-refractivity contribution in [3.8, 4) is 5.75 Å². The molecule has 0 aliphatic carbocycles. The molecule has 0 unspecified atom stereocenters. The zero-order chi connectivity index (χ0) is 15.4. The van der Waals surface area contributed by atoms with Gasteiger partial charge in [-0.1, -0.05) is 6.07 Å². The molecule has 1 N–H and O–H groups in total. The van der Waals surface area contributed by atoms with Crippen LogP contribution in [0.2, 0.25) is 0 Å². The SMILES string of the molecule is COC(=O)C[C@H](c1cccnc1)c1oc(C)cc(=O)c1O. The predicted molar refractivity (Wildman–Crippen MR) is 74.1 cm³/mol. The molecule has 0 amide bonds. The van der Waals surface area contributed by atoms with Crippen LogP contribution in [0.3, 0.4) is 0 Å². The minimum absolute atomic E-state index is 0.0402. The number of hydrogen-bond acceptors (Lipinski definition) is 6. The van der Waals surface area contributed by atoms with Crippen LogP contribution in [0.25, 0.3) is 0 Å². The molecule has 2 heterocycles. The van der Waals surface area contributed by atoms with Gasteiger partial charge in [0.2, 0.25) is 11.2 Å². The van der Waals surface area contributed by atoms with Crippen molar-refractivity contribution in [2.24, 2.45) is 0 Å². The molecule has 2 aromatic rings. The summed E-state index contributed by atoms with van der Waals surface area (Å²) in [4.78, 5) is 27.3. The minimum Gasteiger partial charge on any atom is -0.502 e. The van der Waals surface area contributed by atoms with Gasteiger partial charge in [0.25, 0.3) is 0 Å². The predicted octanol–water partition coefficient (Wildman–Crippen LogP) is 1.74. The summed E-state index contributed by atoms with van der Waals surface area (Å²) in [7, 11) is 1.27. The quantitative estimate of drug-likeness (QED) is 0.862. The van der Waals surface area contributed by atoms with Crippen molar-refractivity contribution >= 4 is 5.97 Å². The lowest BCUT2D eigenvalue weighted by Crippen LogP contribution is -2.13. The standard InChI is InChI=1S/C15H15NO5/c1-9-6-12(17)14(19)15(21-9)11(7-13(18)20-2)10-4-3-5-16-8-10/h3-6,8,11,19H,7H2,1-2H3/t11-/m1/s1. The zero-order valence-electron chi connectivity index (χ0n) is 11.7. The van der Waals surface area contributed by atoms with Gasteiger partial charge in [-0.15, -0.1) is 0 Å². The molecule has 0 aliphatic rings. The number of esters is 1. The highest BCUT2D eigenvalue weighted by molar-refractivity contribution is 5.71. The topological polar surface area (TPSA) is 89.6 Å². The summed E-state index contributed by atoms with van der Waals surface area (Å²) in [5, 5.41) is 9.96. The molecule has 0 bridgehead atoms. The van der Waals surface area contributed by atoms with E-state index in [1.165, 1.54) is 13.2 Å². The maximum absolute atomic E-state index is 11.7. The minimum atomic E-state index is -0.640. The maximum atomic E-state index is 11.7. The first-order valence-electron chi connectivity index (χ1n) is 6.33. The van der Waals surface area contributed by atoms with Gasteiger partial charge < -0.3 is 14.3 Å². The number of aromatic nitrogens is 1. The third-order valence-electron chi connectivity index (χ3n) is 3.07. The fraction of sp³-hybridized carbons (Fsp3) is 0.267. The Balaban J connectivity index is 2.55. The van der Waals surface area contributed by atoms with Gasteiger partial charge in [0.05, 0.1) is 19.4 Å². The van der Waals surface area contributed by atoms with Crippen molar-refractivity contribution < 1.29 is 19.1 Å². The summed E-state index contributed by atoms with van der Waals surface area (Å²) < 4.78 is 10.1. The van der Waals surface area contributed by atoms with E-state index in [-0.39, 0.29) is 12.2 Å². The molecule has 0 fully saturated rings. The first-order valence-corrected chi connectivity index (χ1v) is 6.33. The van der Waals surface area contributed by atoms with Crippen molar-refractivity contribution in [2.45, 2.75) is 19.3 Å². The van der Waals surface area contributed by atoms with Crippen molar-refractivity contribution in [2.75, 3.05) is 7.11 Å². The van der Waals surface area contributed by atoms with Crippen LogP contribution in [0.5, 0.6) is 5.75 Å². The second-order valence-corrected chi connectivity index (χ2v) is 4.55. The maximum Gasteiger partial charge on any atom is 0.306 e. The Kier molecular flexibility index (Phi) is 4.37. The largest absolute Gasteiger partial charge is 0.502 e. The highest BCUT2D eigenvalue weighted by atomic mass is 16.5. The number of rotatable bonds is 4.